The summed E-state index contributed by atoms with van der Waals surface area (Å²) in [5.74, 6) is -0.823. The van der Waals surface area contributed by atoms with Crippen molar-refractivity contribution >= 4 is 28.3 Å². The Bertz CT molecular complexity index is 1010. The summed E-state index contributed by atoms with van der Waals surface area (Å²) in [6, 6.07) is 19.2. The molecule has 0 saturated carbocycles. The van der Waals surface area contributed by atoms with Crippen molar-refractivity contribution < 1.29 is 14.0 Å². The van der Waals surface area contributed by atoms with E-state index in [1.165, 1.54) is 11.0 Å². The molecule has 0 unspecified atom stereocenters. The predicted molar refractivity (Wildman–Crippen MR) is 103 cm³/mol. The van der Waals surface area contributed by atoms with Crippen molar-refractivity contribution in [3.63, 3.8) is 0 Å². The van der Waals surface area contributed by atoms with Gasteiger partial charge in [-0.3, -0.25) is 14.5 Å². The van der Waals surface area contributed by atoms with E-state index in [0.717, 1.165) is 17.2 Å². The summed E-state index contributed by atoms with van der Waals surface area (Å²) in [7, 11) is 0. The van der Waals surface area contributed by atoms with E-state index in [4.69, 9.17) is 0 Å². The smallest absolute Gasteiger partial charge is 0.260 e. The minimum atomic E-state index is -0.488. The molecular weight excluding hydrogens is 343 g/mol. The maximum Gasteiger partial charge on any atom is 0.260 e. The number of para-hydroxylation sites is 1. The van der Waals surface area contributed by atoms with E-state index in [1.807, 2.05) is 36.4 Å². The van der Waals surface area contributed by atoms with Crippen molar-refractivity contribution in [2.24, 2.45) is 0 Å². The highest BCUT2D eigenvalue weighted by molar-refractivity contribution is 6.14. The fraction of sp³-hybridized carbons (Fsp3) is 0.182. The van der Waals surface area contributed by atoms with Crippen LogP contribution < -0.4 is 4.90 Å². The molecule has 4 rings (SSSR count). The molecular formula is C22H19FN2O2. The monoisotopic (exact) mass is 362 g/mol. The molecule has 2 amide bonds. The molecule has 0 aromatic heterocycles. The summed E-state index contributed by atoms with van der Waals surface area (Å²) in [4.78, 5) is 28.5. The SMILES string of the molecule is O=C1CCCN1CN(C(=O)c1cccc2ccccc12)c1ccccc1F. The zero-order valence-corrected chi connectivity index (χ0v) is 14.8. The van der Waals surface area contributed by atoms with E-state index >= 15 is 0 Å². The Morgan fingerprint density at radius 2 is 1.74 bits per heavy atom. The molecule has 1 heterocycles. The Morgan fingerprint density at radius 1 is 1.00 bits per heavy atom. The van der Waals surface area contributed by atoms with Crippen LogP contribution in [0.5, 0.6) is 0 Å². The molecule has 0 bridgehead atoms. The van der Waals surface area contributed by atoms with E-state index < -0.39 is 5.82 Å². The van der Waals surface area contributed by atoms with E-state index in [1.54, 1.807) is 29.2 Å². The third kappa shape index (κ3) is 3.28. The van der Waals surface area contributed by atoms with Crippen LogP contribution in [0, 0.1) is 5.82 Å². The van der Waals surface area contributed by atoms with E-state index in [2.05, 4.69) is 0 Å². The van der Waals surface area contributed by atoms with Gasteiger partial charge >= 0.3 is 0 Å². The van der Waals surface area contributed by atoms with Crippen LogP contribution in [0.4, 0.5) is 10.1 Å². The number of hydrogen-bond donors (Lipinski definition) is 0. The van der Waals surface area contributed by atoms with Crippen LogP contribution in [0.15, 0.2) is 66.7 Å². The first kappa shape index (κ1) is 17.2. The Hall–Kier alpha value is -3.21. The Kier molecular flexibility index (Phi) is 4.59. The largest absolute Gasteiger partial charge is 0.324 e. The maximum absolute atomic E-state index is 14.5. The lowest BCUT2D eigenvalue weighted by molar-refractivity contribution is -0.127. The first-order valence-electron chi connectivity index (χ1n) is 8.97. The number of fused-ring (bicyclic) bond motifs is 1. The fourth-order valence-corrected chi connectivity index (χ4v) is 3.50. The molecule has 0 radical (unpaired) electrons. The second-order valence-electron chi connectivity index (χ2n) is 6.61. The van der Waals surface area contributed by atoms with Crippen molar-refractivity contribution in [2.45, 2.75) is 12.8 Å². The predicted octanol–water partition coefficient (Wildman–Crippen LogP) is 4.21. The second-order valence-corrected chi connectivity index (χ2v) is 6.61. The first-order chi connectivity index (χ1) is 13.1. The molecule has 5 heteroatoms. The molecule has 136 valence electrons. The molecule has 1 saturated heterocycles. The van der Waals surface area contributed by atoms with Crippen molar-refractivity contribution in [2.75, 3.05) is 18.1 Å². The highest BCUT2D eigenvalue weighted by Crippen LogP contribution is 2.26. The van der Waals surface area contributed by atoms with Gasteiger partial charge in [0.05, 0.1) is 5.69 Å². The van der Waals surface area contributed by atoms with Gasteiger partial charge in [0.25, 0.3) is 5.91 Å². The third-order valence-electron chi connectivity index (χ3n) is 4.89. The van der Waals surface area contributed by atoms with Crippen LogP contribution in [0.25, 0.3) is 10.8 Å². The lowest BCUT2D eigenvalue weighted by Crippen LogP contribution is -2.42. The summed E-state index contributed by atoms with van der Waals surface area (Å²) in [6.07, 6.45) is 1.22. The number of nitrogens with zero attached hydrogens (tertiary/aromatic N) is 2. The van der Waals surface area contributed by atoms with Gasteiger partial charge in [-0.2, -0.15) is 0 Å². The van der Waals surface area contributed by atoms with Crippen LogP contribution in [-0.2, 0) is 4.79 Å². The van der Waals surface area contributed by atoms with Crippen molar-refractivity contribution in [3.05, 3.63) is 78.1 Å². The molecule has 1 aliphatic rings. The summed E-state index contributed by atoms with van der Waals surface area (Å²) in [5, 5.41) is 1.74. The second kappa shape index (κ2) is 7.19. The first-order valence-corrected chi connectivity index (χ1v) is 8.97. The number of rotatable bonds is 4. The van der Waals surface area contributed by atoms with Gasteiger partial charge in [0.2, 0.25) is 5.91 Å². The number of likely N-dealkylation sites (tertiary alicyclic amines) is 1. The Balaban J connectivity index is 1.78. The van der Waals surface area contributed by atoms with Crippen LogP contribution in [0.2, 0.25) is 0 Å². The number of hydrogen-bond acceptors (Lipinski definition) is 2. The fourth-order valence-electron chi connectivity index (χ4n) is 3.50. The van der Waals surface area contributed by atoms with Gasteiger partial charge in [0.15, 0.2) is 0 Å². The summed E-state index contributed by atoms with van der Waals surface area (Å²) in [6.45, 7) is 0.619. The van der Waals surface area contributed by atoms with Crippen LogP contribution >= 0.6 is 0 Å². The van der Waals surface area contributed by atoms with Gasteiger partial charge in [0, 0.05) is 18.5 Å². The number of amides is 2. The molecule has 0 aliphatic carbocycles. The molecule has 1 fully saturated rings. The number of halogens is 1. The lowest BCUT2D eigenvalue weighted by Gasteiger charge is -2.28. The zero-order chi connectivity index (χ0) is 18.8. The summed E-state index contributed by atoms with van der Waals surface area (Å²) >= 11 is 0. The number of carbonyl (C=O) groups is 2. The van der Waals surface area contributed by atoms with E-state index in [-0.39, 0.29) is 24.2 Å². The van der Waals surface area contributed by atoms with E-state index in [0.29, 0.717) is 18.5 Å². The van der Waals surface area contributed by atoms with Gasteiger partial charge < -0.3 is 4.90 Å². The van der Waals surface area contributed by atoms with Crippen molar-refractivity contribution in [1.82, 2.24) is 4.90 Å². The van der Waals surface area contributed by atoms with Crippen LogP contribution in [0.3, 0.4) is 0 Å². The quantitative estimate of drug-likeness (QED) is 0.698. The molecule has 27 heavy (non-hydrogen) atoms. The Morgan fingerprint density at radius 3 is 2.52 bits per heavy atom. The van der Waals surface area contributed by atoms with Gasteiger partial charge in [-0.05, 0) is 35.4 Å². The van der Waals surface area contributed by atoms with E-state index in [9.17, 15) is 14.0 Å². The van der Waals surface area contributed by atoms with Crippen molar-refractivity contribution in [1.29, 1.82) is 0 Å². The minimum Gasteiger partial charge on any atom is -0.324 e. The summed E-state index contributed by atoms with van der Waals surface area (Å²) < 4.78 is 14.5. The Labute approximate surface area is 156 Å². The van der Waals surface area contributed by atoms with Crippen molar-refractivity contribution in [3.8, 4) is 0 Å². The lowest BCUT2D eigenvalue weighted by atomic mass is 10.0. The van der Waals surface area contributed by atoms with Gasteiger partial charge in [-0.25, -0.2) is 4.39 Å². The van der Waals surface area contributed by atoms with Crippen LogP contribution in [0.1, 0.15) is 23.2 Å². The average molecular weight is 362 g/mol. The van der Waals surface area contributed by atoms with Gasteiger partial charge in [-0.1, -0.05) is 48.5 Å². The molecule has 3 aromatic carbocycles. The summed E-state index contributed by atoms with van der Waals surface area (Å²) in [5.41, 5.74) is 0.665. The van der Waals surface area contributed by atoms with Gasteiger partial charge in [-0.15, -0.1) is 0 Å². The maximum atomic E-state index is 14.5. The highest BCUT2D eigenvalue weighted by Gasteiger charge is 2.28. The third-order valence-corrected chi connectivity index (χ3v) is 4.89. The standard InChI is InChI=1S/C22H19FN2O2/c23-19-11-3-4-12-20(19)25(15-24-14-6-13-21(24)26)22(27)18-10-5-8-16-7-1-2-9-17(16)18/h1-5,7-12H,6,13-15H2. The minimum absolute atomic E-state index is 0.0120. The number of benzene rings is 3. The number of carbonyl (C=O) groups excluding carboxylic acids is 2. The van der Waals surface area contributed by atoms with Crippen LogP contribution in [-0.4, -0.2) is 29.9 Å². The average Bonchev–Trinajstić information content (AvgIpc) is 3.10. The zero-order valence-electron chi connectivity index (χ0n) is 14.8. The molecule has 0 atom stereocenters. The normalized spacial score (nSPS) is 14.0. The molecule has 0 spiro atoms. The molecule has 0 N–H and O–H groups in total. The molecule has 1 aliphatic heterocycles. The number of anilines is 1. The molecule has 4 nitrogen and oxygen atoms in total. The molecule has 3 aromatic rings. The van der Waals surface area contributed by atoms with Gasteiger partial charge in [0.1, 0.15) is 12.5 Å². The topological polar surface area (TPSA) is 40.6 Å². The highest BCUT2D eigenvalue weighted by atomic mass is 19.1.